The van der Waals surface area contributed by atoms with E-state index in [2.05, 4.69) is 9.71 Å². The van der Waals surface area contributed by atoms with Gasteiger partial charge in [-0.05, 0) is 42.0 Å². The van der Waals surface area contributed by atoms with Gasteiger partial charge in [0.05, 0.1) is 18.3 Å². The van der Waals surface area contributed by atoms with E-state index in [1.165, 1.54) is 19.2 Å². The summed E-state index contributed by atoms with van der Waals surface area (Å²) >= 11 is 0. The molecule has 6 nitrogen and oxygen atoms in total. The molecule has 0 spiro atoms. The van der Waals surface area contributed by atoms with E-state index in [9.17, 15) is 12.8 Å². The number of nitrogens with one attached hydrogen (secondary N) is 1. The Balaban J connectivity index is 1.76. The van der Waals surface area contributed by atoms with Crippen LogP contribution in [-0.2, 0) is 16.6 Å². The summed E-state index contributed by atoms with van der Waals surface area (Å²) in [5, 5.41) is 0. The fraction of sp³-hybridized carbons (Fsp3) is 0.118. The molecule has 2 aromatic heterocycles. The first-order valence-corrected chi connectivity index (χ1v) is 8.79. The Bertz CT molecular complexity index is 972. The van der Waals surface area contributed by atoms with Crippen LogP contribution in [0.15, 0.2) is 64.4 Å². The third-order valence-electron chi connectivity index (χ3n) is 3.50. The van der Waals surface area contributed by atoms with Crippen LogP contribution in [0.1, 0.15) is 5.56 Å². The molecule has 1 aromatic carbocycles. The van der Waals surface area contributed by atoms with Gasteiger partial charge in [0.2, 0.25) is 10.0 Å². The van der Waals surface area contributed by atoms with Crippen molar-refractivity contribution in [3.05, 3.63) is 66.4 Å². The molecule has 0 radical (unpaired) electrons. The molecule has 0 aliphatic carbocycles. The lowest BCUT2D eigenvalue weighted by Gasteiger charge is -2.09. The van der Waals surface area contributed by atoms with Crippen LogP contribution in [0.5, 0.6) is 5.75 Å². The van der Waals surface area contributed by atoms with E-state index >= 15 is 0 Å². The van der Waals surface area contributed by atoms with Crippen LogP contribution in [0.25, 0.3) is 11.3 Å². The van der Waals surface area contributed by atoms with E-state index in [-0.39, 0.29) is 17.2 Å². The van der Waals surface area contributed by atoms with Crippen molar-refractivity contribution in [1.29, 1.82) is 0 Å². The van der Waals surface area contributed by atoms with Crippen molar-refractivity contribution in [2.45, 2.75) is 11.4 Å². The van der Waals surface area contributed by atoms with Crippen LogP contribution in [0.3, 0.4) is 0 Å². The highest BCUT2D eigenvalue weighted by Gasteiger charge is 2.16. The quantitative estimate of drug-likeness (QED) is 0.729. The minimum atomic E-state index is -3.87. The van der Waals surface area contributed by atoms with Gasteiger partial charge in [0.15, 0.2) is 11.6 Å². The second-order valence-corrected chi connectivity index (χ2v) is 6.95. The van der Waals surface area contributed by atoms with Gasteiger partial charge in [-0.25, -0.2) is 17.5 Å². The van der Waals surface area contributed by atoms with Crippen molar-refractivity contribution >= 4 is 10.0 Å². The Kier molecular flexibility index (Phi) is 4.82. The minimum Gasteiger partial charge on any atom is -0.494 e. The molecule has 0 fully saturated rings. The molecule has 0 atom stereocenters. The monoisotopic (exact) mass is 362 g/mol. The summed E-state index contributed by atoms with van der Waals surface area (Å²) in [6.07, 6.45) is 4.71. The van der Waals surface area contributed by atoms with Crippen molar-refractivity contribution in [1.82, 2.24) is 9.71 Å². The number of methoxy groups -OCH3 is 1. The first kappa shape index (κ1) is 17.1. The maximum absolute atomic E-state index is 13.7. The molecule has 0 aliphatic rings. The van der Waals surface area contributed by atoms with Crippen molar-refractivity contribution in [3.63, 3.8) is 0 Å². The van der Waals surface area contributed by atoms with Crippen LogP contribution in [-0.4, -0.2) is 20.5 Å². The molecular formula is C17H15FN2O4S. The van der Waals surface area contributed by atoms with Gasteiger partial charge in [0, 0.05) is 24.5 Å². The number of halogens is 1. The van der Waals surface area contributed by atoms with E-state index in [1.807, 2.05) is 0 Å². The van der Waals surface area contributed by atoms with E-state index in [4.69, 9.17) is 9.15 Å². The number of furan rings is 1. The second kappa shape index (κ2) is 7.04. The van der Waals surface area contributed by atoms with Crippen molar-refractivity contribution in [2.75, 3.05) is 7.11 Å². The Hall–Kier alpha value is -2.71. The zero-order chi connectivity index (χ0) is 17.9. The molecule has 130 valence electrons. The van der Waals surface area contributed by atoms with Gasteiger partial charge in [0.1, 0.15) is 5.76 Å². The summed E-state index contributed by atoms with van der Waals surface area (Å²) in [5.74, 6) is -0.129. The highest BCUT2D eigenvalue weighted by atomic mass is 32.2. The molecule has 0 saturated carbocycles. The fourth-order valence-corrected chi connectivity index (χ4v) is 3.27. The van der Waals surface area contributed by atoms with Crippen LogP contribution in [0, 0.1) is 5.82 Å². The van der Waals surface area contributed by atoms with Crippen molar-refractivity contribution in [2.24, 2.45) is 0 Å². The molecule has 0 saturated heterocycles. The average Bonchev–Trinajstić information content (AvgIpc) is 3.15. The molecule has 1 N–H and O–H groups in total. The number of rotatable bonds is 6. The lowest BCUT2D eigenvalue weighted by Crippen LogP contribution is -2.23. The van der Waals surface area contributed by atoms with Crippen LogP contribution < -0.4 is 9.46 Å². The standard InChI is InChI=1S/C17H15FN2O4S/c1-23-17-5-4-14(8-15(17)18)25(21,22)20-10-12-7-13(11-19-9-12)16-3-2-6-24-16/h2-9,11,20H,10H2,1H3. The SMILES string of the molecule is COc1ccc(S(=O)(=O)NCc2cncc(-c3ccco3)c2)cc1F. The summed E-state index contributed by atoms with van der Waals surface area (Å²) in [6.45, 7) is 0.0114. The molecule has 8 heteroatoms. The number of sulfonamides is 1. The molecule has 3 aromatic rings. The summed E-state index contributed by atoms with van der Waals surface area (Å²) in [5.41, 5.74) is 1.38. The van der Waals surface area contributed by atoms with Gasteiger partial charge >= 0.3 is 0 Å². The second-order valence-electron chi connectivity index (χ2n) is 5.18. The molecular weight excluding hydrogens is 347 g/mol. The first-order valence-electron chi connectivity index (χ1n) is 7.30. The molecule has 0 bridgehead atoms. The van der Waals surface area contributed by atoms with Gasteiger partial charge in [-0.3, -0.25) is 4.98 Å². The number of nitrogens with zero attached hydrogens (tertiary/aromatic N) is 1. The highest BCUT2D eigenvalue weighted by Crippen LogP contribution is 2.22. The topological polar surface area (TPSA) is 81.4 Å². The smallest absolute Gasteiger partial charge is 0.240 e. The Morgan fingerprint density at radius 3 is 2.76 bits per heavy atom. The number of benzene rings is 1. The predicted molar refractivity (Wildman–Crippen MR) is 88.9 cm³/mol. The van der Waals surface area contributed by atoms with Crippen LogP contribution in [0.4, 0.5) is 4.39 Å². The van der Waals surface area contributed by atoms with Gasteiger partial charge < -0.3 is 9.15 Å². The number of aromatic nitrogens is 1. The van der Waals surface area contributed by atoms with Gasteiger partial charge in [-0.1, -0.05) is 0 Å². The van der Waals surface area contributed by atoms with E-state index in [0.717, 1.165) is 11.6 Å². The van der Waals surface area contributed by atoms with Gasteiger partial charge in [0.25, 0.3) is 0 Å². The average molecular weight is 362 g/mol. The number of hydrogen-bond acceptors (Lipinski definition) is 5. The summed E-state index contributed by atoms with van der Waals surface area (Å²) in [4.78, 5) is 3.90. The molecule has 0 amide bonds. The third kappa shape index (κ3) is 3.86. The zero-order valence-electron chi connectivity index (χ0n) is 13.3. The van der Waals surface area contributed by atoms with Crippen molar-refractivity contribution < 1.29 is 22.0 Å². The predicted octanol–water partition coefficient (Wildman–Crippen LogP) is 2.97. The molecule has 0 aliphatic heterocycles. The van der Waals surface area contributed by atoms with E-state index < -0.39 is 15.8 Å². The zero-order valence-corrected chi connectivity index (χ0v) is 14.1. The van der Waals surface area contributed by atoms with Crippen LogP contribution >= 0.6 is 0 Å². The number of ether oxygens (including phenoxy) is 1. The fourth-order valence-electron chi connectivity index (χ4n) is 2.24. The van der Waals surface area contributed by atoms with Crippen molar-refractivity contribution in [3.8, 4) is 17.1 Å². The summed E-state index contributed by atoms with van der Waals surface area (Å²) in [7, 11) is -2.56. The lowest BCUT2D eigenvalue weighted by molar-refractivity contribution is 0.385. The van der Waals surface area contributed by atoms with E-state index in [0.29, 0.717) is 11.3 Å². The molecule has 3 rings (SSSR count). The number of pyridine rings is 1. The summed E-state index contributed by atoms with van der Waals surface area (Å²) < 4.78 is 50.8. The first-order chi connectivity index (χ1) is 12.0. The number of hydrogen-bond donors (Lipinski definition) is 1. The summed E-state index contributed by atoms with van der Waals surface area (Å²) in [6, 6.07) is 8.76. The Morgan fingerprint density at radius 2 is 2.08 bits per heavy atom. The van der Waals surface area contributed by atoms with Crippen LogP contribution in [0.2, 0.25) is 0 Å². The Morgan fingerprint density at radius 1 is 1.24 bits per heavy atom. The van der Waals surface area contributed by atoms with Gasteiger partial charge in [-0.15, -0.1) is 0 Å². The largest absolute Gasteiger partial charge is 0.494 e. The maximum Gasteiger partial charge on any atom is 0.240 e. The third-order valence-corrected chi connectivity index (χ3v) is 4.90. The van der Waals surface area contributed by atoms with Gasteiger partial charge in [-0.2, -0.15) is 0 Å². The normalized spacial score (nSPS) is 11.4. The molecule has 25 heavy (non-hydrogen) atoms. The Labute approximate surface area is 144 Å². The lowest BCUT2D eigenvalue weighted by atomic mass is 10.2. The molecule has 0 unspecified atom stereocenters. The molecule has 2 heterocycles. The van der Waals surface area contributed by atoms with E-state index in [1.54, 1.807) is 36.9 Å². The minimum absolute atomic E-state index is 0.0114. The highest BCUT2D eigenvalue weighted by molar-refractivity contribution is 7.89. The maximum atomic E-state index is 13.7.